The zero-order valence-corrected chi connectivity index (χ0v) is 21.0. The van der Waals surface area contributed by atoms with Crippen LogP contribution in [0.4, 0.5) is 10.1 Å². The molecule has 0 N–H and O–H groups in total. The smallest absolute Gasteiger partial charge is 0.128 e. The van der Waals surface area contributed by atoms with Crippen LogP contribution in [0, 0.1) is 5.82 Å². The molecule has 184 valence electrons. The first-order valence-electron chi connectivity index (χ1n) is 12.4. The fraction of sp³-hybridized carbons (Fsp3) is 0.267. The van der Waals surface area contributed by atoms with E-state index in [9.17, 15) is 0 Å². The second-order valence-electron chi connectivity index (χ2n) is 9.57. The van der Waals surface area contributed by atoms with Gasteiger partial charge < -0.3 is 14.7 Å². The lowest BCUT2D eigenvalue weighted by Crippen LogP contribution is -2.47. The summed E-state index contributed by atoms with van der Waals surface area (Å²) in [6, 6.07) is 24.1. The summed E-state index contributed by atoms with van der Waals surface area (Å²) < 4.78 is 15.4. The molecule has 0 spiro atoms. The first-order chi connectivity index (χ1) is 17.5. The molecule has 36 heavy (non-hydrogen) atoms. The van der Waals surface area contributed by atoms with Gasteiger partial charge in [0.1, 0.15) is 11.6 Å². The highest BCUT2D eigenvalue weighted by atomic mass is 19.1. The summed E-state index contributed by atoms with van der Waals surface area (Å²) >= 11 is 0. The Hall–Kier alpha value is -3.77. The van der Waals surface area contributed by atoms with Gasteiger partial charge in [0, 0.05) is 55.1 Å². The lowest BCUT2D eigenvalue weighted by molar-refractivity contribution is 0.183. The van der Waals surface area contributed by atoms with Crippen molar-refractivity contribution in [2.75, 3.05) is 38.1 Å². The van der Waals surface area contributed by atoms with E-state index in [-0.39, 0.29) is 5.82 Å². The molecule has 6 heteroatoms. The van der Waals surface area contributed by atoms with Crippen molar-refractivity contribution in [2.45, 2.75) is 19.9 Å². The monoisotopic (exact) mass is 481 g/mol. The van der Waals surface area contributed by atoms with Gasteiger partial charge >= 0.3 is 0 Å². The number of hydrogen-bond donors (Lipinski definition) is 0. The fourth-order valence-electron chi connectivity index (χ4n) is 4.69. The number of benzene rings is 3. The number of halogens is 1. The van der Waals surface area contributed by atoms with E-state index in [4.69, 9.17) is 0 Å². The highest BCUT2D eigenvalue weighted by Gasteiger charge is 2.22. The summed E-state index contributed by atoms with van der Waals surface area (Å²) in [5.74, 6) is 0.649. The predicted molar refractivity (Wildman–Crippen MR) is 147 cm³/mol. The highest BCUT2D eigenvalue weighted by molar-refractivity contribution is 6.14. The van der Waals surface area contributed by atoms with Crippen molar-refractivity contribution in [3.8, 4) is 11.1 Å². The van der Waals surface area contributed by atoms with E-state index in [1.54, 1.807) is 6.07 Å². The van der Waals surface area contributed by atoms with Crippen molar-refractivity contribution in [2.24, 2.45) is 10.2 Å². The average Bonchev–Trinajstić information content (AvgIpc) is 3.35. The van der Waals surface area contributed by atoms with Crippen LogP contribution >= 0.6 is 0 Å². The van der Waals surface area contributed by atoms with Gasteiger partial charge in [0.15, 0.2) is 0 Å². The first-order valence-corrected chi connectivity index (χ1v) is 12.4. The molecule has 2 aliphatic rings. The summed E-state index contributed by atoms with van der Waals surface area (Å²) in [5, 5.41) is 8.30. The third-order valence-electron chi connectivity index (χ3n) is 6.92. The molecule has 0 unspecified atom stereocenters. The fourth-order valence-corrected chi connectivity index (χ4v) is 4.69. The Balaban J connectivity index is 1.46. The van der Waals surface area contributed by atoms with Crippen LogP contribution in [-0.4, -0.2) is 54.4 Å². The molecule has 0 saturated carbocycles. The quantitative estimate of drug-likeness (QED) is 0.429. The van der Waals surface area contributed by atoms with Crippen LogP contribution in [-0.2, 0) is 6.54 Å². The zero-order chi connectivity index (χ0) is 25.1. The molecule has 5 rings (SSSR count). The molecule has 0 radical (unpaired) electrons. The summed E-state index contributed by atoms with van der Waals surface area (Å²) in [5.41, 5.74) is 6.43. The van der Waals surface area contributed by atoms with Crippen molar-refractivity contribution in [3.63, 3.8) is 0 Å². The molecule has 2 heterocycles. The molecule has 0 atom stereocenters. The maximum Gasteiger partial charge on any atom is 0.128 e. The van der Waals surface area contributed by atoms with E-state index in [0.29, 0.717) is 18.5 Å². The Morgan fingerprint density at radius 3 is 2.33 bits per heavy atom. The van der Waals surface area contributed by atoms with Crippen LogP contribution in [0.1, 0.15) is 24.5 Å². The van der Waals surface area contributed by atoms with Gasteiger partial charge in [-0.15, -0.1) is 0 Å². The Kier molecular flexibility index (Phi) is 6.96. The van der Waals surface area contributed by atoms with Gasteiger partial charge in [-0.1, -0.05) is 61.2 Å². The highest BCUT2D eigenvalue weighted by Crippen LogP contribution is 2.30. The van der Waals surface area contributed by atoms with E-state index >= 15 is 4.39 Å². The minimum Gasteiger partial charge on any atom is -0.356 e. The minimum absolute atomic E-state index is 0.241. The number of rotatable bonds is 7. The van der Waals surface area contributed by atoms with Crippen LogP contribution in [0.2, 0.25) is 0 Å². The van der Waals surface area contributed by atoms with Gasteiger partial charge in [0.2, 0.25) is 0 Å². The second kappa shape index (κ2) is 10.5. The van der Waals surface area contributed by atoms with Crippen LogP contribution in [0.3, 0.4) is 0 Å². The minimum atomic E-state index is -0.241. The third kappa shape index (κ3) is 5.24. The van der Waals surface area contributed by atoms with E-state index in [0.717, 1.165) is 65.8 Å². The van der Waals surface area contributed by atoms with E-state index in [2.05, 4.69) is 74.9 Å². The van der Waals surface area contributed by atoms with Gasteiger partial charge in [-0.05, 0) is 43.3 Å². The largest absolute Gasteiger partial charge is 0.356 e. The molecule has 3 aromatic carbocycles. The Morgan fingerprint density at radius 1 is 0.889 bits per heavy atom. The van der Waals surface area contributed by atoms with Gasteiger partial charge in [-0.3, -0.25) is 0 Å². The third-order valence-corrected chi connectivity index (χ3v) is 6.92. The SMILES string of the molecule is C=C(N1CCN(C)CC1)N(Cc1ccc(C2=NN=C(C)C2)cc1F)c1cccc(-c2ccccc2)c1. The molecule has 5 nitrogen and oxygen atoms in total. The summed E-state index contributed by atoms with van der Waals surface area (Å²) in [7, 11) is 2.14. The molecule has 0 amide bonds. The van der Waals surface area contributed by atoms with Crippen molar-refractivity contribution in [3.05, 3.63) is 102 Å². The van der Waals surface area contributed by atoms with Crippen molar-refractivity contribution in [1.82, 2.24) is 9.80 Å². The summed E-state index contributed by atoms with van der Waals surface area (Å²) in [6.07, 6.45) is 0.664. The van der Waals surface area contributed by atoms with Gasteiger partial charge in [0.25, 0.3) is 0 Å². The maximum absolute atomic E-state index is 15.4. The van der Waals surface area contributed by atoms with Crippen molar-refractivity contribution >= 4 is 17.1 Å². The molecule has 0 aliphatic carbocycles. The van der Waals surface area contributed by atoms with Crippen molar-refractivity contribution < 1.29 is 4.39 Å². The molecule has 1 saturated heterocycles. The molecule has 3 aromatic rings. The number of likely N-dealkylation sites (N-methyl/N-ethyl adjacent to an activating group) is 1. The van der Waals surface area contributed by atoms with Crippen LogP contribution in [0.15, 0.2) is 95.4 Å². The molecular weight excluding hydrogens is 449 g/mol. The summed E-state index contributed by atoms with van der Waals surface area (Å²) in [4.78, 5) is 6.75. The number of piperazine rings is 1. The van der Waals surface area contributed by atoms with Gasteiger partial charge in [0.05, 0.1) is 12.3 Å². The zero-order valence-electron chi connectivity index (χ0n) is 21.0. The number of hydrogen-bond acceptors (Lipinski definition) is 5. The van der Waals surface area contributed by atoms with Crippen LogP contribution < -0.4 is 4.90 Å². The number of anilines is 1. The molecule has 2 aliphatic heterocycles. The van der Waals surface area contributed by atoms with Crippen molar-refractivity contribution in [1.29, 1.82) is 0 Å². The standard InChI is InChI=1S/C30H32FN5/c1-22-18-30(33-32-22)26-12-13-27(29(31)20-26)21-36(23(2)35-16-14-34(3)15-17-35)28-11-7-10-25(19-28)24-8-5-4-6-9-24/h4-13,19-20H,2,14-18,21H2,1,3H3. The molecule has 1 fully saturated rings. The summed E-state index contributed by atoms with van der Waals surface area (Å²) in [6.45, 7) is 10.5. The maximum atomic E-state index is 15.4. The second-order valence-corrected chi connectivity index (χ2v) is 9.57. The molecule has 0 aromatic heterocycles. The van der Waals surface area contributed by atoms with Crippen LogP contribution in [0.25, 0.3) is 11.1 Å². The normalized spacial score (nSPS) is 16.0. The van der Waals surface area contributed by atoms with E-state index in [1.165, 1.54) is 0 Å². The Morgan fingerprint density at radius 2 is 1.64 bits per heavy atom. The average molecular weight is 482 g/mol. The van der Waals surface area contributed by atoms with Gasteiger partial charge in [-0.25, -0.2) is 4.39 Å². The van der Waals surface area contributed by atoms with Gasteiger partial charge in [-0.2, -0.15) is 10.2 Å². The van der Waals surface area contributed by atoms with E-state index < -0.39 is 0 Å². The van der Waals surface area contributed by atoms with E-state index in [1.807, 2.05) is 37.3 Å². The topological polar surface area (TPSA) is 34.4 Å². The first kappa shape index (κ1) is 23.9. The lowest BCUT2D eigenvalue weighted by atomic mass is 10.0. The number of nitrogens with zero attached hydrogens (tertiary/aromatic N) is 5. The molecular formula is C30H32FN5. The Labute approximate surface area is 212 Å². The Bertz CT molecular complexity index is 1310. The lowest BCUT2D eigenvalue weighted by Gasteiger charge is -2.40. The predicted octanol–water partition coefficient (Wildman–Crippen LogP) is 5.79. The molecule has 0 bridgehead atoms. The van der Waals surface area contributed by atoms with Crippen LogP contribution in [0.5, 0.6) is 0 Å².